The van der Waals surface area contributed by atoms with Crippen molar-refractivity contribution in [2.75, 3.05) is 6.54 Å². The molecule has 0 N–H and O–H groups in total. The number of nitrogens with zero attached hydrogens (tertiary/aromatic N) is 3. The highest BCUT2D eigenvalue weighted by atomic mass is 16.2. The summed E-state index contributed by atoms with van der Waals surface area (Å²) < 4.78 is 1.80. The molecule has 0 bridgehead atoms. The summed E-state index contributed by atoms with van der Waals surface area (Å²) in [7, 11) is 1.89. The molecule has 0 saturated heterocycles. The number of hydrogen-bond donors (Lipinski definition) is 0. The molecule has 2 aromatic rings. The summed E-state index contributed by atoms with van der Waals surface area (Å²) in [5.41, 5.74) is 2.96. The molecule has 92 valence electrons. The van der Waals surface area contributed by atoms with Crippen LogP contribution in [0.5, 0.6) is 0 Å². The summed E-state index contributed by atoms with van der Waals surface area (Å²) >= 11 is 0. The van der Waals surface area contributed by atoms with Gasteiger partial charge >= 0.3 is 0 Å². The van der Waals surface area contributed by atoms with Crippen molar-refractivity contribution in [3.8, 4) is 0 Å². The van der Waals surface area contributed by atoms with Crippen molar-refractivity contribution in [2.45, 2.75) is 13.0 Å². The van der Waals surface area contributed by atoms with Crippen LogP contribution in [0.4, 0.5) is 0 Å². The fraction of sp³-hybridized carbons (Fsp3) is 0.286. The third kappa shape index (κ3) is 1.79. The highest BCUT2D eigenvalue weighted by molar-refractivity contribution is 5.96. The zero-order chi connectivity index (χ0) is 12.5. The quantitative estimate of drug-likeness (QED) is 0.801. The first-order chi connectivity index (χ1) is 8.75. The molecule has 0 saturated carbocycles. The van der Waals surface area contributed by atoms with Gasteiger partial charge in [-0.1, -0.05) is 30.3 Å². The smallest absolute Gasteiger partial charge is 0.257 e. The largest absolute Gasteiger partial charge is 0.334 e. The number of aromatic nitrogens is 2. The second kappa shape index (κ2) is 4.29. The molecule has 4 nitrogen and oxygen atoms in total. The van der Waals surface area contributed by atoms with E-state index in [-0.39, 0.29) is 5.91 Å². The second-order valence-electron chi connectivity index (χ2n) is 4.59. The molecule has 1 aromatic carbocycles. The Bertz CT molecular complexity index is 574. The average molecular weight is 241 g/mol. The van der Waals surface area contributed by atoms with Gasteiger partial charge in [0.05, 0.1) is 17.5 Å². The molecule has 1 aliphatic heterocycles. The van der Waals surface area contributed by atoms with Crippen LogP contribution in [0.15, 0.2) is 36.5 Å². The number of hydrogen-bond acceptors (Lipinski definition) is 2. The van der Waals surface area contributed by atoms with Gasteiger partial charge in [-0.25, -0.2) is 0 Å². The van der Waals surface area contributed by atoms with Crippen molar-refractivity contribution in [1.82, 2.24) is 14.7 Å². The van der Waals surface area contributed by atoms with Gasteiger partial charge in [0.15, 0.2) is 0 Å². The molecule has 2 heterocycles. The van der Waals surface area contributed by atoms with Crippen LogP contribution in [0, 0.1) is 0 Å². The molecule has 3 rings (SSSR count). The van der Waals surface area contributed by atoms with Crippen molar-refractivity contribution in [3.63, 3.8) is 0 Å². The van der Waals surface area contributed by atoms with E-state index in [9.17, 15) is 4.79 Å². The molecular formula is C14H15N3O. The normalized spacial score (nSPS) is 14.7. The van der Waals surface area contributed by atoms with Gasteiger partial charge in [0.2, 0.25) is 0 Å². The van der Waals surface area contributed by atoms with Crippen LogP contribution >= 0.6 is 0 Å². The molecule has 0 fully saturated rings. The van der Waals surface area contributed by atoms with Gasteiger partial charge in [-0.05, 0) is 5.56 Å². The van der Waals surface area contributed by atoms with Gasteiger partial charge in [-0.3, -0.25) is 9.48 Å². The lowest BCUT2D eigenvalue weighted by atomic mass is 10.1. The van der Waals surface area contributed by atoms with Crippen LogP contribution in [0.3, 0.4) is 0 Å². The second-order valence-corrected chi connectivity index (χ2v) is 4.59. The SMILES string of the molecule is Cn1ncc2c1CCN(Cc1ccccc1)C2=O. The van der Waals surface area contributed by atoms with Gasteiger partial charge in [-0.15, -0.1) is 0 Å². The Labute approximate surface area is 106 Å². The molecule has 4 heteroatoms. The van der Waals surface area contributed by atoms with E-state index in [4.69, 9.17) is 0 Å². The molecule has 0 radical (unpaired) electrons. The Morgan fingerprint density at radius 2 is 2.06 bits per heavy atom. The number of carbonyl (C=O) groups is 1. The van der Waals surface area contributed by atoms with Crippen LogP contribution in [-0.2, 0) is 20.0 Å². The molecule has 0 atom stereocenters. The maximum atomic E-state index is 12.3. The number of rotatable bonds is 2. The van der Waals surface area contributed by atoms with E-state index in [1.54, 1.807) is 10.9 Å². The van der Waals surface area contributed by atoms with Gasteiger partial charge in [-0.2, -0.15) is 5.10 Å². The maximum absolute atomic E-state index is 12.3. The third-order valence-electron chi connectivity index (χ3n) is 3.41. The Morgan fingerprint density at radius 3 is 2.83 bits per heavy atom. The van der Waals surface area contributed by atoms with Gasteiger partial charge in [0, 0.05) is 26.6 Å². The Kier molecular flexibility index (Phi) is 2.63. The average Bonchev–Trinajstić information content (AvgIpc) is 2.77. The molecule has 1 amide bonds. The monoisotopic (exact) mass is 241 g/mol. The van der Waals surface area contributed by atoms with E-state index in [0.717, 1.165) is 29.8 Å². The molecular weight excluding hydrogens is 226 g/mol. The minimum absolute atomic E-state index is 0.0909. The fourth-order valence-electron chi connectivity index (χ4n) is 2.41. The number of fused-ring (bicyclic) bond motifs is 1. The standard InChI is InChI=1S/C14H15N3O/c1-16-13-7-8-17(14(18)12(13)9-15-16)10-11-5-3-2-4-6-11/h2-6,9H,7-8,10H2,1H3. The summed E-state index contributed by atoms with van der Waals surface area (Å²) in [6, 6.07) is 10.1. The Hall–Kier alpha value is -2.10. The first kappa shape index (κ1) is 11.0. The molecule has 1 aromatic heterocycles. The predicted octanol–water partition coefficient (Wildman–Crippen LogP) is 1.62. The summed E-state index contributed by atoms with van der Waals surface area (Å²) in [4.78, 5) is 14.2. The third-order valence-corrected chi connectivity index (χ3v) is 3.41. The lowest BCUT2D eigenvalue weighted by Gasteiger charge is -2.27. The lowest BCUT2D eigenvalue weighted by molar-refractivity contribution is 0.0725. The van der Waals surface area contributed by atoms with Crippen LogP contribution in [0.25, 0.3) is 0 Å². The molecule has 18 heavy (non-hydrogen) atoms. The molecule has 0 spiro atoms. The number of benzene rings is 1. The van der Waals surface area contributed by atoms with E-state index in [1.807, 2.05) is 42.3 Å². The predicted molar refractivity (Wildman–Crippen MR) is 68.1 cm³/mol. The zero-order valence-electron chi connectivity index (χ0n) is 10.3. The number of aryl methyl sites for hydroxylation is 1. The summed E-state index contributed by atoms with van der Waals surface area (Å²) in [5.74, 6) is 0.0909. The molecule has 0 aliphatic carbocycles. The summed E-state index contributed by atoms with van der Waals surface area (Å²) in [6.07, 6.45) is 2.55. The van der Waals surface area contributed by atoms with E-state index in [0.29, 0.717) is 6.54 Å². The first-order valence-electron chi connectivity index (χ1n) is 6.10. The first-order valence-corrected chi connectivity index (χ1v) is 6.10. The van der Waals surface area contributed by atoms with E-state index < -0.39 is 0 Å². The van der Waals surface area contributed by atoms with Crippen molar-refractivity contribution >= 4 is 5.91 Å². The van der Waals surface area contributed by atoms with E-state index in [2.05, 4.69) is 5.10 Å². The van der Waals surface area contributed by atoms with Crippen LogP contribution in [0.1, 0.15) is 21.6 Å². The van der Waals surface area contributed by atoms with Gasteiger partial charge in [0.1, 0.15) is 0 Å². The van der Waals surface area contributed by atoms with Crippen molar-refractivity contribution in [1.29, 1.82) is 0 Å². The highest BCUT2D eigenvalue weighted by Gasteiger charge is 2.26. The van der Waals surface area contributed by atoms with Gasteiger partial charge < -0.3 is 4.90 Å². The summed E-state index contributed by atoms with van der Waals surface area (Å²) in [5, 5.41) is 4.16. The Morgan fingerprint density at radius 1 is 1.28 bits per heavy atom. The van der Waals surface area contributed by atoms with Crippen molar-refractivity contribution in [2.24, 2.45) is 7.05 Å². The van der Waals surface area contributed by atoms with Crippen LogP contribution in [0.2, 0.25) is 0 Å². The minimum Gasteiger partial charge on any atom is -0.334 e. The van der Waals surface area contributed by atoms with E-state index >= 15 is 0 Å². The molecule has 1 aliphatic rings. The highest BCUT2D eigenvalue weighted by Crippen LogP contribution is 2.19. The van der Waals surface area contributed by atoms with Crippen LogP contribution in [-0.4, -0.2) is 27.1 Å². The maximum Gasteiger partial charge on any atom is 0.257 e. The number of carbonyl (C=O) groups excluding carboxylic acids is 1. The number of amides is 1. The Balaban J connectivity index is 1.83. The van der Waals surface area contributed by atoms with Crippen LogP contribution < -0.4 is 0 Å². The lowest BCUT2D eigenvalue weighted by Crippen LogP contribution is -2.37. The van der Waals surface area contributed by atoms with Gasteiger partial charge in [0.25, 0.3) is 5.91 Å². The van der Waals surface area contributed by atoms with Crippen molar-refractivity contribution < 1.29 is 4.79 Å². The summed E-state index contributed by atoms with van der Waals surface area (Å²) in [6.45, 7) is 1.44. The molecule has 0 unspecified atom stereocenters. The zero-order valence-corrected chi connectivity index (χ0v) is 10.3. The topological polar surface area (TPSA) is 38.1 Å². The fourth-order valence-corrected chi connectivity index (χ4v) is 2.41. The van der Waals surface area contributed by atoms with E-state index in [1.165, 1.54) is 0 Å². The minimum atomic E-state index is 0.0909. The van der Waals surface area contributed by atoms with Crippen molar-refractivity contribution in [3.05, 3.63) is 53.3 Å².